The fourth-order valence-electron chi connectivity index (χ4n) is 7.64. The van der Waals surface area contributed by atoms with Crippen molar-refractivity contribution in [1.82, 2.24) is 0 Å². The molecule has 5 aliphatic carbocycles. The summed E-state index contributed by atoms with van der Waals surface area (Å²) in [5, 5.41) is 0. The summed E-state index contributed by atoms with van der Waals surface area (Å²) >= 11 is 0. The van der Waals surface area contributed by atoms with E-state index in [9.17, 15) is 0 Å². The van der Waals surface area contributed by atoms with Crippen molar-refractivity contribution in [3.8, 4) is 0 Å². The smallest absolute Gasteiger partial charge is 0.0141 e. The summed E-state index contributed by atoms with van der Waals surface area (Å²) in [6, 6.07) is 0. The molecule has 0 heterocycles. The molecule has 0 aromatic carbocycles. The molecule has 4 saturated carbocycles. The van der Waals surface area contributed by atoms with E-state index in [4.69, 9.17) is 0 Å². The predicted octanol–water partition coefficient (Wildman–Crippen LogP) is 5.59. The Labute approximate surface area is 124 Å². The molecule has 0 N–H and O–H groups in total. The minimum absolute atomic E-state index is 1.04. The van der Waals surface area contributed by atoms with E-state index in [1.807, 2.05) is 5.57 Å². The lowest BCUT2D eigenvalue weighted by molar-refractivity contribution is -0.0506. The molecule has 20 heavy (non-hydrogen) atoms. The molecule has 0 spiro atoms. The van der Waals surface area contributed by atoms with Crippen molar-refractivity contribution in [2.75, 3.05) is 0 Å². The van der Waals surface area contributed by atoms with Gasteiger partial charge < -0.3 is 0 Å². The standard InChI is InChI=1S/C20H30/c1-5-13-6-2-11-17-18-12-4-8-14-7-3-10-16(20(14)18)15(9-1)19(13)17/h9,13-14,16-20H,1-8,10-12H2. The quantitative estimate of drug-likeness (QED) is 0.504. The van der Waals surface area contributed by atoms with Crippen LogP contribution < -0.4 is 0 Å². The fraction of sp³-hybridized carbons (Fsp3) is 0.900. The molecule has 0 saturated heterocycles. The monoisotopic (exact) mass is 270 g/mol. The van der Waals surface area contributed by atoms with Crippen molar-refractivity contribution in [2.24, 2.45) is 41.4 Å². The van der Waals surface area contributed by atoms with Crippen LogP contribution in [0.2, 0.25) is 0 Å². The molecule has 0 heteroatoms. The van der Waals surface area contributed by atoms with E-state index in [0.717, 1.165) is 41.4 Å². The van der Waals surface area contributed by atoms with Crippen LogP contribution in [0.4, 0.5) is 0 Å². The van der Waals surface area contributed by atoms with E-state index < -0.39 is 0 Å². The molecule has 0 aliphatic heterocycles. The molecule has 4 fully saturated rings. The topological polar surface area (TPSA) is 0 Å². The third kappa shape index (κ3) is 1.60. The Morgan fingerprint density at radius 1 is 0.700 bits per heavy atom. The zero-order chi connectivity index (χ0) is 13.1. The highest BCUT2D eigenvalue weighted by Gasteiger charge is 2.54. The van der Waals surface area contributed by atoms with Gasteiger partial charge in [0, 0.05) is 0 Å². The first-order valence-corrected chi connectivity index (χ1v) is 9.63. The van der Waals surface area contributed by atoms with Gasteiger partial charge in [0.1, 0.15) is 0 Å². The van der Waals surface area contributed by atoms with Gasteiger partial charge in [-0.2, -0.15) is 0 Å². The molecule has 0 aromatic heterocycles. The van der Waals surface area contributed by atoms with Crippen LogP contribution in [-0.4, -0.2) is 0 Å². The van der Waals surface area contributed by atoms with Crippen LogP contribution in [0.25, 0.3) is 0 Å². The maximum absolute atomic E-state index is 2.75. The molecular formula is C20H30. The van der Waals surface area contributed by atoms with Crippen molar-refractivity contribution in [1.29, 1.82) is 0 Å². The molecule has 5 rings (SSSR count). The zero-order valence-electron chi connectivity index (χ0n) is 12.9. The zero-order valence-corrected chi connectivity index (χ0v) is 12.9. The number of hydrogen-bond acceptors (Lipinski definition) is 0. The van der Waals surface area contributed by atoms with Crippen LogP contribution in [-0.2, 0) is 0 Å². The molecule has 0 radical (unpaired) electrons. The van der Waals surface area contributed by atoms with E-state index in [0.29, 0.717) is 0 Å². The molecule has 0 amide bonds. The van der Waals surface area contributed by atoms with Crippen LogP contribution in [0, 0.1) is 41.4 Å². The average molecular weight is 270 g/mol. The van der Waals surface area contributed by atoms with E-state index >= 15 is 0 Å². The SMILES string of the molecule is C1=C2C3CCCC4CCCC(C5CCCC(CC1)C25)C43. The largest absolute Gasteiger partial charge is 0.0847 e. The van der Waals surface area contributed by atoms with Gasteiger partial charge in [-0.25, -0.2) is 0 Å². The molecular weight excluding hydrogens is 240 g/mol. The minimum Gasteiger partial charge on any atom is -0.0847 e. The van der Waals surface area contributed by atoms with Crippen LogP contribution in [0.1, 0.15) is 70.6 Å². The van der Waals surface area contributed by atoms with E-state index in [2.05, 4.69) is 6.08 Å². The molecule has 0 nitrogen and oxygen atoms in total. The molecule has 5 aliphatic rings. The lowest BCUT2D eigenvalue weighted by atomic mass is 9.45. The minimum atomic E-state index is 1.04. The Bertz CT molecular complexity index is 418. The number of allylic oxidation sites excluding steroid dienone is 2. The highest BCUT2D eigenvalue weighted by atomic mass is 14.6. The van der Waals surface area contributed by atoms with Crippen molar-refractivity contribution < 1.29 is 0 Å². The predicted molar refractivity (Wildman–Crippen MR) is 83.3 cm³/mol. The molecule has 7 atom stereocenters. The summed E-state index contributed by atoms with van der Waals surface area (Å²) in [5.74, 6) is 7.70. The Morgan fingerprint density at radius 2 is 1.45 bits per heavy atom. The van der Waals surface area contributed by atoms with E-state index in [-0.39, 0.29) is 0 Å². The Kier molecular flexibility index (Phi) is 2.84. The first-order valence-electron chi connectivity index (χ1n) is 9.63. The third-order valence-corrected chi connectivity index (χ3v) is 8.07. The van der Waals surface area contributed by atoms with Crippen LogP contribution in [0.5, 0.6) is 0 Å². The summed E-state index contributed by atoms with van der Waals surface area (Å²) in [5.41, 5.74) is 2.01. The normalized spacial score (nSPS) is 53.6. The number of fused-ring (bicyclic) bond motifs is 2. The summed E-state index contributed by atoms with van der Waals surface area (Å²) in [7, 11) is 0. The summed E-state index contributed by atoms with van der Waals surface area (Å²) in [6.45, 7) is 0. The Morgan fingerprint density at radius 3 is 2.35 bits per heavy atom. The van der Waals surface area contributed by atoms with Gasteiger partial charge in [0.15, 0.2) is 0 Å². The van der Waals surface area contributed by atoms with Gasteiger partial charge in [0.25, 0.3) is 0 Å². The summed E-state index contributed by atoms with van der Waals surface area (Å²) < 4.78 is 0. The third-order valence-electron chi connectivity index (χ3n) is 8.07. The fourth-order valence-corrected chi connectivity index (χ4v) is 7.64. The molecule has 0 aromatic rings. The first-order chi connectivity index (χ1) is 9.93. The van der Waals surface area contributed by atoms with Crippen LogP contribution in [0.3, 0.4) is 0 Å². The maximum atomic E-state index is 2.75. The van der Waals surface area contributed by atoms with Crippen molar-refractivity contribution >= 4 is 0 Å². The lowest BCUT2D eigenvalue weighted by Crippen LogP contribution is -2.52. The van der Waals surface area contributed by atoms with E-state index in [1.165, 1.54) is 19.3 Å². The van der Waals surface area contributed by atoms with Crippen LogP contribution in [0.15, 0.2) is 11.6 Å². The second-order valence-corrected chi connectivity index (χ2v) is 8.63. The average Bonchev–Trinajstić information content (AvgIpc) is 2.52. The van der Waals surface area contributed by atoms with Gasteiger partial charge in [0.2, 0.25) is 0 Å². The van der Waals surface area contributed by atoms with Crippen molar-refractivity contribution in [3.05, 3.63) is 11.6 Å². The first kappa shape index (κ1) is 12.3. The second kappa shape index (κ2) is 4.62. The van der Waals surface area contributed by atoms with Gasteiger partial charge in [0.05, 0.1) is 0 Å². The number of hydrogen-bond donors (Lipinski definition) is 0. The molecule has 0 bridgehead atoms. The second-order valence-electron chi connectivity index (χ2n) is 8.63. The van der Waals surface area contributed by atoms with Gasteiger partial charge in [-0.3, -0.25) is 0 Å². The number of rotatable bonds is 0. The Hall–Kier alpha value is -0.260. The summed E-state index contributed by atoms with van der Waals surface area (Å²) in [4.78, 5) is 0. The van der Waals surface area contributed by atoms with Crippen LogP contribution >= 0.6 is 0 Å². The Balaban J connectivity index is 1.59. The molecule has 7 unspecified atom stereocenters. The van der Waals surface area contributed by atoms with Crippen molar-refractivity contribution in [2.45, 2.75) is 70.6 Å². The molecule has 110 valence electrons. The lowest BCUT2D eigenvalue weighted by Gasteiger charge is -2.60. The maximum Gasteiger partial charge on any atom is -0.0141 e. The van der Waals surface area contributed by atoms with Gasteiger partial charge in [-0.1, -0.05) is 43.8 Å². The van der Waals surface area contributed by atoms with Gasteiger partial charge in [-0.15, -0.1) is 0 Å². The highest BCUT2D eigenvalue weighted by Crippen LogP contribution is 2.63. The van der Waals surface area contributed by atoms with Crippen molar-refractivity contribution in [3.63, 3.8) is 0 Å². The van der Waals surface area contributed by atoms with Gasteiger partial charge in [-0.05, 0) is 80.0 Å². The van der Waals surface area contributed by atoms with Gasteiger partial charge >= 0.3 is 0 Å². The highest BCUT2D eigenvalue weighted by molar-refractivity contribution is 5.24. The summed E-state index contributed by atoms with van der Waals surface area (Å²) in [6.07, 6.45) is 19.8. The van der Waals surface area contributed by atoms with E-state index in [1.54, 1.807) is 51.4 Å².